The zero-order valence-electron chi connectivity index (χ0n) is 15.3. The van der Waals surface area contributed by atoms with Crippen LogP contribution in [0.4, 0.5) is 0 Å². The Balaban J connectivity index is 1.60. The normalized spacial score (nSPS) is 28.3. The molecular formula is C19H28N4O2. The molecule has 2 fully saturated rings. The lowest BCUT2D eigenvalue weighted by atomic mass is 9.99. The summed E-state index contributed by atoms with van der Waals surface area (Å²) >= 11 is 0. The second-order valence-corrected chi connectivity index (χ2v) is 7.82. The summed E-state index contributed by atoms with van der Waals surface area (Å²) in [6.07, 6.45) is 3.39. The average Bonchev–Trinajstić information content (AvgIpc) is 3.18. The summed E-state index contributed by atoms with van der Waals surface area (Å²) in [5.41, 5.74) is 0.835. The first kappa shape index (κ1) is 17.9. The third kappa shape index (κ3) is 3.84. The fourth-order valence-electron chi connectivity index (χ4n) is 4.10. The standard InChI is InChI=1S/C19H28N4O2/c1-13(2)11-23-12-19(9-16(23)18(25)20-3)8-15(19)17(24)22-10-14-6-4-5-7-21-14/h4-7,13,15-16H,8-12H2,1-3H3,(H,20,25)(H,22,24)/t15-,16+,19+/m1/s1. The van der Waals surface area contributed by atoms with Gasteiger partial charge in [-0.05, 0) is 36.3 Å². The summed E-state index contributed by atoms with van der Waals surface area (Å²) in [5.74, 6) is 0.669. The third-order valence-electron chi connectivity index (χ3n) is 5.38. The van der Waals surface area contributed by atoms with Crippen molar-refractivity contribution in [3.63, 3.8) is 0 Å². The maximum atomic E-state index is 12.6. The van der Waals surface area contributed by atoms with E-state index in [-0.39, 0.29) is 29.2 Å². The van der Waals surface area contributed by atoms with Gasteiger partial charge in [-0.3, -0.25) is 19.5 Å². The van der Waals surface area contributed by atoms with Crippen molar-refractivity contribution < 1.29 is 9.59 Å². The minimum Gasteiger partial charge on any atom is -0.358 e. The van der Waals surface area contributed by atoms with Crippen LogP contribution < -0.4 is 10.6 Å². The Hall–Kier alpha value is -1.95. The van der Waals surface area contributed by atoms with Crippen molar-refractivity contribution in [1.82, 2.24) is 20.5 Å². The number of amides is 2. The molecule has 0 radical (unpaired) electrons. The van der Waals surface area contributed by atoms with Crippen molar-refractivity contribution in [2.24, 2.45) is 17.3 Å². The predicted molar refractivity (Wildman–Crippen MR) is 95.5 cm³/mol. The highest BCUT2D eigenvalue weighted by atomic mass is 16.2. The Morgan fingerprint density at radius 3 is 2.76 bits per heavy atom. The molecule has 1 saturated carbocycles. The van der Waals surface area contributed by atoms with E-state index in [1.54, 1.807) is 13.2 Å². The number of hydrogen-bond acceptors (Lipinski definition) is 4. The van der Waals surface area contributed by atoms with Crippen molar-refractivity contribution in [3.8, 4) is 0 Å². The highest BCUT2D eigenvalue weighted by Crippen LogP contribution is 2.60. The van der Waals surface area contributed by atoms with Gasteiger partial charge in [0.1, 0.15) is 0 Å². The zero-order chi connectivity index (χ0) is 18.0. The molecule has 3 atom stereocenters. The van der Waals surface area contributed by atoms with Gasteiger partial charge in [-0.1, -0.05) is 19.9 Å². The molecular weight excluding hydrogens is 316 g/mol. The minimum atomic E-state index is -0.110. The van der Waals surface area contributed by atoms with E-state index in [4.69, 9.17) is 0 Å². The molecule has 6 nitrogen and oxygen atoms in total. The van der Waals surface area contributed by atoms with Gasteiger partial charge < -0.3 is 10.6 Å². The van der Waals surface area contributed by atoms with Gasteiger partial charge in [-0.15, -0.1) is 0 Å². The van der Waals surface area contributed by atoms with Crippen LogP contribution in [0.2, 0.25) is 0 Å². The number of aromatic nitrogens is 1. The quantitative estimate of drug-likeness (QED) is 0.813. The molecule has 2 N–H and O–H groups in total. The number of nitrogens with one attached hydrogen (secondary N) is 2. The largest absolute Gasteiger partial charge is 0.358 e. The maximum Gasteiger partial charge on any atom is 0.237 e. The molecule has 1 aliphatic heterocycles. The van der Waals surface area contributed by atoms with Crippen molar-refractivity contribution >= 4 is 11.8 Å². The first-order chi connectivity index (χ1) is 11.9. The molecule has 2 aliphatic rings. The number of likely N-dealkylation sites (tertiary alicyclic amines) is 1. The summed E-state index contributed by atoms with van der Waals surface area (Å²) < 4.78 is 0. The molecule has 0 unspecified atom stereocenters. The Morgan fingerprint density at radius 2 is 2.12 bits per heavy atom. The van der Waals surface area contributed by atoms with Crippen LogP contribution in [0, 0.1) is 17.3 Å². The highest BCUT2D eigenvalue weighted by Gasteiger charge is 2.63. The molecule has 1 aliphatic carbocycles. The summed E-state index contributed by atoms with van der Waals surface area (Å²) in [7, 11) is 1.69. The smallest absolute Gasteiger partial charge is 0.237 e. The molecule has 1 saturated heterocycles. The van der Waals surface area contributed by atoms with E-state index < -0.39 is 0 Å². The fourth-order valence-corrected chi connectivity index (χ4v) is 4.10. The van der Waals surface area contributed by atoms with E-state index >= 15 is 0 Å². The van der Waals surface area contributed by atoms with Crippen molar-refractivity contribution in [3.05, 3.63) is 30.1 Å². The van der Waals surface area contributed by atoms with Gasteiger partial charge in [-0.2, -0.15) is 0 Å². The van der Waals surface area contributed by atoms with Gasteiger partial charge in [-0.25, -0.2) is 0 Å². The van der Waals surface area contributed by atoms with Crippen LogP contribution in [0.5, 0.6) is 0 Å². The van der Waals surface area contributed by atoms with Gasteiger partial charge in [0.15, 0.2) is 0 Å². The van der Waals surface area contributed by atoms with E-state index in [1.807, 2.05) is 18.2 Å². The number of likely N-dealkylation sites (N-methyl/N-ethyl adjacent to an activating group) is 1. The molecule has 3 rings (SSSR count). The molecule has 1 aromatic rings. The molecule has 2 amide bonds. The van der Waals surface area contributed by atoms with E-state index in [9.17, 15) is 9.59 Å². The lowest BCUT2D eigenvalue weighted by molar-refractivity contribution is -0.125. The number of carbonyl (C=O) groups is 2. The Bertz CT molecular complexity index is 634. The van der Waals surface area contributed by atoms with Crippen LogP contribution >= 0.6 is 0 Å². The van der Waals surface area contributed by atoms with Gasteiger partial charge in [0.05, 0.1) is 18.3 Å². The van der Waals surface area contributed by atoms with Crippen LogP contribution in [0.25, 0.3) is 0 Å². The molecule has 1 spiro atoms. The number of hydrogen-bond donors (Lipinski definition) is 2. The van der Waals surface area contributed by atoms with Crippen molar-refractivity contribution in [2.45, 2.75) is 39.3 Å². The van der Waals surface area contributed by atoms with Crippen molar-refractivity contribution in [1.29, 1.82) is 0 Å². The summed E-state index contributed by atoms with van der Waals surface area (Å²) in [5, 5.41) is 5.78. The molecule has 25 heavy (non-hydrogen) atoms. The predicted octanol–water partition coefficient (Wildman–Crippen LogP) is 1.18. The Morgan fingerprint density at radius 1 is 1.32 bits per heavy atom. The van der Waals surface area contributed by atoms with Crippen LogP contribution in [-0.4, -0.2) is 47.9 Å². The highest BCUT2D eigenvalue weighted by molar-refractivity contribution is 5.85. The van der Waals surface area contributed by atoms with Crippen LogP contribution in [0.15, 0.2) is 24.4 Å². The van der Waals surface area contributed by atoms with Crippen LogP contribution in [-0.2, 0) is 16.1 Å². The molecule has 0 bridgehead atoms. The lowest BCUT2D eigenvalue weighted by Gasteiger charge is -2.24. The first-order valence-electron chi connectivity index (χ1n) is 9.08. The van der Waals surface area contributed by atoms with Crippen LogP contribution in [0.3, 0.4) is 0 Å². The van der Waals surface area contributed by atoms with Gasteiger partial charge in [0.25, 0.3) is 0 Å². The molecule has 2 heterocycles. The van der Waals surface area contributed by atoms with E-state index in [0.29, 0.717) is 12.5 Å². The number of nitrogens with zero attached hydrogens (tertiary/aromatic N) is 2. The summed E-state index contributed by atoms with van der Waals surface area (Å²) in [6, 6.07) is 5.58. The number of carbonyl (C=O) groups excluding carboxylic acids is 2. The zero-order valence-corrected chi connectivity index (χ0v) is 15.3. The van der Waals surface area contributed by atoms with Crippen molar-refractivity contribution in [2.75, 3.05) is 20.1 Å². The summed E-state index contributed by atoms with van der Waals surface area (Å²) in [6.45, 7) is 6.51. The van der Waals surface area contributed by atoms with E-state index in [1.165, 1.54) is 0 Å². The molecule has 136 valence electrons. The summed E-state index contributed by atoms with van der Waals surface area (Å²) in [4.78, 5) is 31.3. The van der Waals surface area contributed by atoms with Gasteiger partial charge >= 0.3 is 0 Å². The second-order valence-electron chi connectivity index (χ2n) is 7.82. The fraction of sp³-hybridized carbons (Fsp3) is 0.632. The number of rotatable bonds is 6. The topological polar surface area (TPSA) is 74.3 Å². The molecule has 1 aromatic heterocycles. The van der Waals surface area contributed by atoms with E-state index in [2.05, 4.69) is 34.4 Å². The minimum absolute atomic E-state index is 0.0144. The number of pyridine rings is 1. The van der Waals surface area contributed by atoms with Gasteiger partial charge in [0, 0.05) is 32.3 Å². The molecule has 6 heteroatoms. The molecule has 0 aromatic carbocycles. The van der Waals surface area contributed by atoms with Crippen LogP contribution in [0.1, 0.15) is 32.4 Å². The average molecular weight is 344 g/mol. The third-order valence-corrected chi connectivity index (χ3v) is 5.38. The van der Waals surface area contributed by atoms with E-state index in [0.717, 1.165) is 31.6 Å². The van der Waals surface area contributed by atoms with Gasteiger partial charge in [0.2, 0.25) is 11.8 Å². The Kier molecular flexibility index (Phi) is 5.08. The maximum absolute atomic E-state index is 12.6. The monoisotopic (exact) mass is 344 g/mol. The first-order valence-corrected chi connectivity index (χ1v) is 9.08. The lowest BCUT2D eigenvalue weighted by Crippen LogP contribution is -2.43. The second kappa shape index (κ2) is 7.12. The Labute approximate surface area is 149 Å². The SMILES string of the molecule is CNC(=O)[C@@H]1C[C@@]2(C[C@@H]2C(=O)NCc2ccccn2)CN1CC(C)C.